The predicted octanol–water partition coefficient (Wildman–Crippen LogP) is 3.57. The van der Waals surface area contributed by atoms with Crippen molar-refractivity contribution in [3.63, 3.8) is 0 Å². The monoisotopic (exact) mass is 352 g/mol. The van der Waals surface area contributed by atoms with E-state index in [0.29, 0.717) is 16.9 Å². The molecule has 0 fully saturated rings. The number of amidine groups is 1. The van der Waals surface area contributed by atoms with Crippen LogP contribution >= 0.6 is 15.9 Å². The molecular formula is C15H14BrFN2O2. The number of halogens is 2. The number of nitrogens with zero attached hydrogens (tertiary/aromatic N) is 1. The highest BCUT2D eigenvalue weighted by Gasteiger charge is 2.10. The smallest absolute Gasteiger partial charge is 0.170 e. The zero-order chi connectivity index (χ0) is 15.4. The van der Waals surface area contributed by atoms with Crippen LogP contribution in [0, 0.1) is 12.7 Å². The van der Waals surface area contributed by atoms with Crippen molar-refractivity contribution in [3.05, 3.63) is 63.4 Å². The largest absolute Gasteiger partial charge is 0.489 e. The summed E-state index contributed by atoms with van der Waals surface area (Å²) in [6, 6.07) is 9.76. The summed E-state index contributed by atoms with van der Waals surface area (Å²) in [6.07, 6.45) is 0. The van der Waals surface area contributed by atoms with Crippen LogP contribution in [0.3, 0.4) is 0 Å². The molecule has 4 nitrogen and oxygen atoms in total. The van der Waals surface area contributed by atoms with Crippen LogP contribution < -0.4 is 10.5 Å². The SMILES string of the molecule is Cc1ccc(Br)cc1OCc1ccc(F)cc1/C(N)=N/O. The van der Waals surface area contributed by atoms with Crippen molar-refractivity contribution < 1.29 is 14.3 Å². The van der Waals surface area contributed by atoms with E-state index in [-0.39, 0.29) is 12.4 Å². The number of oxime groups is 1. The number of rotatable bonds is 4. The molecule has 0 aromatic heterocycles. The lowest BCUT2D eigenvalue weighted by molar-refractivity contribution is 0.302. The third kappa shape index (κ3) is 3.72. The summed E-state index contributed by atoms with van der Waals surface area (Å²) in [6.45, 7) is 2.11. The molecule has 6 heteroatoms. The zero-order valence-corrected chi connectivity index (χ0v) is 12.9. The predicted molar refractivity (Wildman–Crippen MR) is 82.1 cm³/mol. The third-order valence-corrected chi connectivity index (χ3v) is 3.48. The molecule has 0 bridgehead atoms. The summed E-state index contributed by atoms with van der Waals surface area (Å²) in [7, 11) is 0. The van der Waals surface area contributed by atoms with Gasteiger partial charge < -0.3 is 15.7 Å². The lowest BCUT2D eigenvalue weighted by atomic mass is 10.1. The molecular weight excluding hydrogens is 339 g/mol. The van der Waals surface area contributed by atoms with Crippen molar-refractivity contribution in [2.45, 2.75) is 13.5 Å². The van der Waals surface area contributed by atoms with Gasteiger partial charge in [0, 0.05) is 15.6 Å². The highest BCUT2D eigenvalue weighted by atomic mass is 79.9. The molecule has 2 rings (SSSR count). The quantitative estimate of drug-likeness (QED) is 0.382. The minimum atomic E-state index is -0.459. The fraction of sp³-hybridized carbons (Fsp3) is 0.133. The van der Waals surface area contributed by atoms with Crippen molar-refractivity contribution in [2.75, 3.05) is 0 Å². The summed E-state index contributed by atoms with van der Waals surface area (Å²) >= 11 is 3.38. The van der Waals surface area contributed by atoms with Gasteiger partial charge in [0.05, 0.1) is 0 Å². The first-order valence-corrected chi connectivity index (χ1v) is 6.96. The first-order valence-electron chi connectivity index (χ1n) is 6.16. The van der Waals surface area contributed by atoms with Crippen molar-refractivity contribution in [1.82, 2.24) is 0 Å². The molecule has 0 saturated heterocycles. The Hall–Kier alpha value is -2.08. The van der Waals surface area contributed by atoms with Gasteiger partial charge in [0.1, 0.15) is 18.2 Å². The summed E-state index contributed by atoms with van der Waals surface area (Å²) in [5, 5.41) is 11.7. The van der Waals surface area contributed by atoms with E-state index in [1.807, 2.05) is 25.1 Å². The van der Waals surface area contributed by atoms with Crippen LogP contribution in [0.15, 0.2) is 46.0 Å². The van der Waals surface area contributed by atoms with E-state index in [1.165, 1.54) is 12.1 Å². The van der Waals surface area contributed by atoms with Gasteiger partial charge in [-0.05, 0) is 36.8 Å². The maximum Gasteiger partial charge on any atom is 0.170 e. The minimum absolute atomic E-state index is 0.154. The average molecular weight is 353 g/mol. The van der Waals surface area contributed by atoms with E-state index in [9.17, 15) is 4.39 Å². The number of hydrogen-bond donors (Lipinski definition) is 2. The van der Waals surface area contributed by atoms with E-state index < -0.39 is 5.82 Å². The van der Waals surface area contributed by atoms with Gasteiger partial charge in [-0.2, -0.15) is 0 Å². The van der Waals surface area contributed by atoms with Gasteiger partial charge in [-0.1, -0.05) is 33.2 Å². The molecule has 0 heterocycles. The van der Waals surface area contributed by atoms with Gasteiger partial charge in [-0.25, -0.2) is 4.39 Å². The summed E-state index contributed by atoms with van der Waals surface area (Å²) in [5.41, 5.74) is 7.48. The first kappa shape index (κ1) is 15.3. The summed E-state index contributed by atoms with van der Waals surface area (Å²) < 4.78 is 19.9. The Labute approximate surface area is 130 Å². The Bertz CT molecular complexity index is 689. The van der Waals surface area contributed by atoms with E-state index in [2.05, 4.69) is 21.1 Å². The lowest BCUT2D eigenvalue weighted by Gasteiger charge is -2.12. The van der Waals surface area contributed by atoms with Gasteiger partial charge >= 0.3 is 0 Å². The highest BCUT2D eigenvalue weighted by Crippen LogP contribution is 2.24. The minimum Gasteiger partial charge on any atom is -0.489 e. The maximum atomic E-state index is 13.3. The van der Waals surface area contributed by atoms with Crippen LogP contribution in [0.1, 0.15) is 16.7 Å². The molecule has 0 atom stereocenters. The molecule has 0 amide bonds. The van der Waals surface area contributed by atoms with Crippen LogP contribution in [0.25, 0.3) is 0 Å². The second-order valence-electron chi connectivity index (χ2n) is 4.49. The van der Waals surface area contributed by atoms with Crippen molar-refractivity contribution in [2.24, 2.45) is 10.9 Å². The number of aryl methyl sites for hydroxylation is 1. The maximum absolute atomic E-state index is 13.3. The van der Waals surface area contributed by atoms with Gasteiger partial charge in [-0.3, -0.25) is 0 Å². The molecule has 0 aliphatic rings. The third-order valence-electron chi connectivity index (χ3n) is 2.99. The van der Waals surface area contributed by atoms with Crippen LogP contribution in [0.2, 0.25) is 0 Å². The molecule has 0 aliphatic heterocycles. The zero-order valence-electron chi connectivity index (χ0n) is 11.3. The Morgan fingerprint density at radius 3 is 2.81 bits per heavy atom. The second-order valence-corrected chi connectivity index (χ2v) is 5.40. The van der Waals surface area contributed by atoms with Crippen LogP contribution in [0.5, 0.6) is 5.75 Å². The summed E-state index contributed by atoms with van der Waals surface area (Å²) in [4.78, 5) is 0. The van der Waals surface area contributed by atoms with E-state index >= 15 is 0 Å². The number of hydrogen-bond acceptors (Lipinski definition) is 3. The molecule has 2 aromatic rings. The fourth-order valence-electron chi connectivity index (χ4n) is 1.85. The molecule has 0 saturated carbocycles. The number of nitrogens with two attached hydrogens (primary N) is 1. The highest BCUT2D eigenvalue weighted by molar-refractivity contribution is 9.10. The second kappa shape index (κ2) is 6.58. The van der Waals surface area contributed by atoms with Crippen LogP contribution in [-0.4, -0.2) is 11.0 Å². The topological polar surface area (TPSA) is 67.8 Å². The normalized spacial score (nSPS) is 11.5. The van der Waals surface area contributed by atoms with Gasteiger partial charge in [-0.15, -0.1) is 0 Å². The Balaban J connectivity index is 2.26. The molecule has 0 unspecified atom stereocenters. The van der Waals surface area contributed by atoms with Crippen LogP contribution in [0.4, 0.5) is 4.39 Å². The Kier molecular flexibility index (Phi) is 4.80. The molecule has 0 aliphatic carbocycles. The molecule has 0 spiro atoms. The number of benzene rings is 2. The van der Waals surface area contributed by atoms with E-state index in [4.69, 9.17) is 15.7 Å². The van der Waals surface area contributed by atoms with E-state index in [1.54, 1.807) is 6.07 Å². The molecule has 0 radical (unpaired) electrons. The van der Waals surface area contributed by atoms with Crippen molar-refractivity contribution in [1.29, 1.82) is 0 Å². The van der Waals surface area contributed by atoms with Gasteiger partial charge in [0.2, 0.25) is 0 Å². The molecule has 2 aromatic carbocycles. The van der Waals surface area contributed by atoms with E-state index in [0.717, 1.165) is 10.0 Å². The van der Waals surface area contributed by atoms with Gasteiger partial charge in [0.15, 0.2) is 5.84 Å². The Morgan fingerprint density at radius 1 is 1.33 bits per heavy atom. The average Bonchev–Trinajstić information content (AvgIpc) is 2.48. The van der Waals surface area contributed by atoms with Crippen molar-refractivity contribution in [3.8, 4) is 5.75 Å². The summed E-state index contributed by atoms with van der Waals surface area (Å²) in [5.74, 6) is 0.0946. The van der Waals surface area contributed by atoms with Crippen molar-refractivity contribution >= 4 is 21.8 Å². The Morgan fingerprint density at radius 2 is 2.10 bits per heavy atom. The molecule has 110 valence electrons. The first-order chi connectivity index (χ1) is 10.0. The standard InChI is InChI=1S/C15H14BrFN2O2/c1-9-2-4-11(16)6-14(9)21-8-10-3-5-12(17)7-13(10)15(18)19-20/h2-7,20H,8H2,1H3,(H2,18,19). The molecule has 21 heavy (non-hydrogen) atoms. The van der Waals surface area contributed by atoms with Crippen LogP contribution in [-0.2, 0) is 6.61 Å². The van der Waals surface area contributed by atoms with Gasteiger partial charge in [0.25, 0.3) is 0 Å². The fourth-order valence-corrected chi connectivity index (χ4v) is 2.19. The number of ether oxygens (including phenoxy) is 1. The lowest BCUT2D eigenvalue weighted by Crippen LogP contribution is -2.17. The molecule has 3 N–H and O–H groups in total.